The van der Waals surface area contributed by atoms with Gasteiger partial charge in [0.1, 0.15) is 6.54 Å². The molecule has 0 radical (unpaired) electrons. The minimum Gasteiger partial charge on any atom is -0.212 e. The minimum atomic E-state index is -3.44. The summed E-state index contributed by atoms with van der Waals surface area (Å²) in [4.78, 5) is 0. The first-order valence-electron chi connectivity index (χ1n) is 6.65. The van der Waals surface area contributed by atoms with E-state index in [2.05, 4.69) is 20.8 Å². The number of rotatable bonds is 5. The van der Waals surface area contributed by atoms with E-state index in [9.17, 15) is 8.42 Å². The van der Waals surface area contributed by atoms with Crippen LogP contribution >= 0.6 is 0 Å². The van der Waals surface area contributed by atoms with Crippen molar-refractivity contribution in [2.75, 3.05) is 13.1 Å². The predicted octanol–water partition coefficient (Wildman–Crippen LogP) is 2.66. The second kappa shape index (κ2) is 6.38. The molecule has 0 amide bonds. The van der Waals surface area contributed by atoms with Crippen molar-refractivity contribution in [1.82, 2.24) is 4.31 Å². The van der Waals surface area contributed by atoms with Crippen molar-refractivity contribution in [3.05, 3.63) is 35.4 Å². The topological polar surface area (TPSA) is 61.2 Å². The highest BCUT2D eigenvalue weighted by Gasteiger charge is 2.21. The van der Waals surface area contributed by atoms with Gasteiger partial charge in [-0.3, -0.25) is 0 Å². The van der Waals surface area contributed by atoms with Crippen LogP contribution in [0.25, 0.3) is 0 Å². The lowest BCUT2D eigenvalue weighted by molar-refractivity contribution is 0.461. The molecule has 0 aliphatic heterocycles. The Labute approximate surface area is 122 Å². The number of sulfonamides is 1. The Kier molecular flexibility index (Phi) is 5.32. The van der Waals surface area contributed by atoms with Crippen LogP contribution in [0.4, 0.5) is 0 Å². The summed E-state index contributed by atoms with van der Waals surface area (Å²) in [6, 6.07) is 9.52. The molecule has 1 aromatic carbocycles. The summed E-state index contributed by atoms with van der Waals surface area (Å²) >= 11 is 0. The highest BCUT2D eigenvalue weighted by molar-refractivity contribution is 7.88. The van der Waals surface area contributed by atoms with Crippen LogP contribution in [0.15, 0.2) is 24.3 Å². The van der Waals surface area contributed by atoms with Crippen LogP contribution in [-0.4, -0.2) is 25.8 Å². The Hall–Kier alpha value is -1.38. The second-order valence-corrected chi connectivity index (χ2v) is 7.76. The lowest BCUT2D eigenvalue weighted by atomic mass is 9.86. The first-order chi connectivity index (χ1) is 9.20. The molecule has 0 aliphatic rings. The first-order valence-corrected chi connectivity index (χ1v) is 8.26. The largest absolute Gasteiger partial charge is 0.219 e. The van der Waals surface area contributed by atoms with E-state index in [0.29, 0.717) is 6.54 Å². The SMILES string of the molecule is CCN(CC#N)S(=O)(=O)Cc1cccc(C(C)(C)C)c1. The molecule has 1 aromatic rings. The van der Waals surface area contributed by atoms with E-state index >= 15 is 0 Å². The maximum atomic E-state index is 12.3. The fourth-order valence-electron chi connectivity index (χ4n) is 1.92. The number of hydrogen-bond donors (Lipinski definition) is 0. The summed E-state index contributed by atoms with van der Waals surface area (Å²) in [7, 11) is -3.44. The molecule has 0 saturated carbocycles. The minimum absolute atomic E-state index is 0.0170. The molecule has 0 heterocycles. The van der Waals surface area contributed by atoms with Gasteiger partial charge in [-0.2, -0.15) is 9.57 Å². The van der Waals surface area contributed by atoms with Crippen molar-refractivity contribution in [3.63, 3.8) is 0 Å². The van der Waals surface area contributed by atoms with Gasteiger partial charge in [0.05, 0.1) is 11.8 Å². The van der Waals surface area contributed by atoms with Crippen LogP contribution in [0.3, 0.4) is 0 Å². The van der Waals surface area contributed by atoms with E-state index in [1.54, 1.807) is 6.92 Å². The van der Waals surface area contributed by atoms with Crippen LogP contribution in [0, 0.1) is 11.3 Å². The highest BCUT2D eigenvalue weighted by Crippen LogP contribution is 2.23. The Morgan fingerprint density at radius 3 is 2.45 bits per heavy atom. The van der Waals surface area contributed by atoms with Gasteiger partial charge < -0.3 is 0 Å². The molecular formula is C15H22N2O2S. The van der Waals surface area contributed by atoms with E-state index in [0.717, 1.165) is 11.1 Å². The molecular weight excluding hydrogens is 272 g/mol. The quantitative estimate of drug-likeness (QED) is 0.784. The van der Waals surface area contributed by atoms with E-state index in [-0.39, 0.29) is 17.7 Å². The number of hydrogen-bond acceptors (Lipinski definition) is 3. The maximum Gasteiger partial charge on any atom is 0.219 e. The fraction of sp³-hybridized carbons (Fsp3) is 0.533. The molecule has 0 fully saturated rings. The molecule has 0 atom stereocenters. The van der Waals surface area contributed by atoms with Crippen molar-refractivity contribution in [2.45, 2.75) is 38.9 Å². The van der Waals surface area contributed by atoms with Crippen LogP contribution in [-0.2, 0) is 21.2 Å². The molecule has 0 aliphatic carbocycles. The van der Waals surface area contributed by atoms with Crippen molar-refractivity contribution in [1.29, 1.82) is 5.26 Å². The van der Waals surface area contributed by atoms with Crippen LogP contribution < -0.4 is 0 Å². The van der Waals surface area contributed by atoms with E-state index in [1.165, 1.54) is 4.31 Å². The summed E-state index contributed by atoms with van der Waals surface area (Å²) in [6.45, 7) is 8.23. The summed E-state index contributed by atoms with van der Waals surface area (Å²) in [6.07, 6.45) is 0. The van der Waals surface area contributed by atoms with Crippen molar-refractivity contribution in [3.8, 4) is 6.07 Å². The zero-order valence-electron chi connectivity index (χ0n) is 12.5. The molecule has 0 spiro atoms. The first kappa shape index (κ1) is 16.7. The Morgan fingerprint density at radius 1 is 1.30 bits per heavy atom. The van der Waals surface area contributed by atoms with Crippen LogP contribution in [0.2, 0.25) is 0 Å². The van der Waals surface area contributed by atoms with Gasteiger partial charge in [-0.25, -0.2) is 8.42 Å². The van der Waals surface area contributed by atoms with E-state index in [4.69, 9.17) is 5.26 Å². The summed E-state index contributed by atoms with van der Waals surface area (Å²) in [5.74, 6) is -0.0631. The maximum absolute atomic E-state index is 12.3. The van der Waals surface area contributed by atoms with Crippen LogP contribution in [0.5, 0.6) is 0 Å². The predicted molar refractivity (Wildman–Crippen MR) is 80.6 cm³/mol. The lowest BCUT2D eigenvalue weighted by Crippen LogP contribution is -2.32. The highest BCUT2D eigenvalue weighted by atomic mass is 32.2. The van der Waals surface area contributed by atoms with E-state index < -0.39 is 10.0 Å². The molecule has 1 rings (SSSR count). The average Bonchev–Trinajstić information content (AvgIpc) is 2.34. The third-order valence-corrected chi connectivity index (χ3v) is 5.01. The molecule has 110 valence electrons. The number of nitriles is 1. The standard InChI is InChI=1S/C15H22N2O2S/c1-5-17(10-9-16)20(18,19)12-13-7-6-8-14(11-13)15(2,3)4/h6-8,11H,5,10,12H2,1-4H3. The van der Waals surface area contributed by atoms with E-state index in [1.807, 2.05) is 30.3 Å². The molecule has 0 unspecified atom stereocenters. The van der Waals surface area contributed by atoms with Crippen molar-refractivity contribution >= 4 is 10.0 Å². The van der Waals surface area contributed by atoms with Gasteiger partial charge in [0.2, 0.25) is 10.0 Å². The third kappa shape index (κ3) is 4.32. The average molecular weight is 294 g/mol. The van der Waals surface area contributed by atoms with Crippen molar-refractivity contribution < 1.29 is 8.42 Å². The Bertz CT molecular complexity index is 595. The van der Waals surface area contributed by atoms with Gasteiger partial charge in [-0.15, -0.1) is 0 Å². The van der Waals surface area contributed by atoms with Gasteiger partial charge >= 0.3 is 0 Å². The molecule has 0 bridgehead atoms. The summed E-state index contributed by atoms with van der Waals surface area (Å²) in [5.41, 5.74) is 1.85. The Morgan fingerprint density at radius 2 is 1.95 bits per heavy atom. The number of benzene rings is 1. The molecule has 4 nitrogen and oxygen atoms in total. The second-order valence-electron chi connectivity index (χ2n) is 5.79. The van der Waals surface area contributed by atoms with Crippen LogP contribution in [0.1, 0.15) is 38.8 Å². The van der Waals surface area contributed by atoms with Crippen molar-refractivity contribution in [2.24, 2.45) is 0 Å². The molecule has 0 aromatic heterocycles. The van der Waals surface area contributed by atoms with Gasteiger partial charge in [0.25, 0.3) is 0 Å². The van der Waals surface area contributed by atoms with Gasteiger partial charge in [0, 0.05) is 6.54 Å². The summed E-state index contributed by atoms with van der Waals surface area (Å²) in [5, 5.41) is 8.69. The number of nitrogens with zero attached hydrogens (tertiary/aromatic N) is 2. The van der Waals surface area contributed by atoms with Gasteiger partial charge in [-0.1, -0.05) is 52.0 Å². The molecule has 0 N–H and O–H groups in total. The van der Waals surface area contributed by atoms with Gasteiger partial charge in [0.15, 0.2) is 0 Å². The zero-order valence-corrected chi connectivity index (χ0v) is 13.4. The van der Waals surface area contributed by atoms with Gasteiger partial charge in [-0.05, 0) is 16.5 Å². The smallest absolute Gasteiger partial charge is 0.212 e. The fourth-order valence-corrected chi connectivity index (χ4v) is 3.35. The monoisotopic (exact) mass is 294 g/mol. The molecule has 0 saturated heterocycles. The zero-order chi connectivity index (χ0) is 15.4. The Balaban J connectivity index is 3.02. The summed E-state index contributed by atoms with van der Waals surface area (Å²) < 4.78 is 25.7. The molecule has 5 heteroatoms. The normalized spacial score (nSPS) is 12.4. The third-order valence-electron chi connectivity index (χ3n) is 3.14. The lowest BCUT2D eigenvalue weighted by Gasteiger charge is -2.21. The molecule has 20 heavy (non-hydrogen) atoms.